The number of hydrogen-bond donors (Lipinski definition) is 2. The van der Waals surface area contributed by atoms with Crippen molar-refractivity contribution in [2.75, 3.05) is 31.5 Å². The molecule has 9 heteroatoms. The summed E-state index contributed by atoms with van der Waals surface area (Å²) in [4.78, 5) is 20.9. The summed E-state index contributed by atoms with van der Waals surface area (Å²) >= 11 is 0. The molecule has 1 atom stereocenters. The fourth-order valence-corrected chi connectivity index (χ4v) is 3.22. The van der Waals surface area contributed by atoms with Crippen molar-refractivity contribution < 1.29 is 9.32 Å². The molecule has 28 heavy (non-hydrogen) atoms. The van der Waals surface area contributed by atoms with Gasteiger partial charge in [-0.05, 0) is 13.8 Å². The molecule has 1 fully saturated rings. The normalized spacial score (nSPS) is 16.1. The van der Waals surface area contributed by atoms with Crippen LogP contribution in [0.1, 0.15) is 24.4 Å². The van der Waals surface area contributed by atoms with E-state index in [-0.39, 0.29) is 12.1 Å². The lowest BCUT2D eigenvalue weighted by Gasteiger charge is -2.36. The average Bonchev–Trinajstić information content (AvgIpc) is 3.40. The first kappa shape index (κ1) is 18.2. The highest BCUT2D eigenvalue weighted by Gasteiger charge is 2.28. The first-order chi connectivity index (χ1) is 13.6. The molecule has 0 saturated carbocycles. The van der Waals surface area contributed by atoms with Gasteiger partial charge in [0.2, 0.25) is 11.7 Å². The van der Waals surface area contributed by atoms with Gasteiger partial charge in [0.1, 0.15) is 0 Å². The van der Waals surface area contributed by atoms with Crippen molar-refractivity contribution in [1.29, 1.82) is 0 Å². The molecule has 146 valence electrons. The van der Waals surface area contributed by atoms with Crippen molar-refractivity contribution >= 4 is 11.7 Å². The molecule has 3 heterocycles. The van der Waals surface area contributed by atoms with Crippen molar-refractivity contribution in [3.05, 3.63) is 48.1 Å². The molecule has 0 spiro atoms. The van der Waals surface area contributed by atoms with Gasteiger partial charge in [0.05, 0.1) is 17.9 Å². The predicted octanol–water partition coefficient (Wildman–Crippen LogP) is 2.68. The molecular weight excluding hydrogens is 358 g/mol. The molecule has 1 aromatic carbocycles. The van der Waals surface area contributed by atoms with Gasteiger partial charge in [0, 0.05) is 37.9 Å². The standard InChI is InChI=1S/C19H23N7O2/c1-13-3-5-15(6-4-13)17-23-18(28-24-17)14(2)25-7-9-26(10-8-25)19(27)22-16-11-20-21-12-16/h3-6,11-12,14H,7-10H2,1-2H3,(H,20,21)(H,22,27)/t14-/m1/s1. The van der Waals surface area contributed by atoms with E-state index in [2.05, 4.69) is 30.6 Å². The van der Waals surface area contributed by atoms with E-state index >= 15 is 0 Å². The molecule has 3 aromatic rings. The number of nitrogens with zero attached hydrogens (tertiary/aromatic N) is 5. The van der Waals surface area contributed by atoms with Gasteiger partial charge in [-0.3, -0.25) is 10.00 Å². The highest BCUT2D eigenvalue weighted by atomic mass is 16.5. The molecule has 1 saturated heterocycles. The number of H-pyrrole nitrogens is 1. The minimum Gasteiger partial charge on any atom is -0.337 e. The second kappa shape index (κ2) is 7.81. The number of hydrogen-bond acceptors (Lipinski definition) is 6. The minimum atomic E-state index is -0.117. The Morgan fingerprint density at radius 1 is 1.21 bits per heavy atom. The van der Waals surface area contributed by atoms with Gasteiger partial charge in [-0.1, -0.05) is 35.0 Å². The Kier molecular flexibility index (Phi) is 5.07. The molecule has 0 bridgehead atoms. The summed E-state index contributed by atoms with van der Waals surface area (Å²) in [6, 6.07) is 7.92. The van der Waals surface area contributed by atoms with Crippen molar-refractivity contribution in [2.45, 2.75) is 19.9 Å². The van der Waals surface area contributed by atoms with Crippen LogP contribution in [0, 0.1) is 6.92 Å². The number of rotatable bonds is 4. The van der Waals surface area contributed by atoms with Crippen LogP contribution in [-0.2, 0) is 0 Å². The predicted molar refractivity (Wildman–Crippen MR) is 104 cm³/mol. The average molecular weight is 381 g/mol. The molecule has 2 amide bonds. The molecule has 0 radical (unpaired) electrons. The monoisotopic (exact) mass is 381 g/mol. The second-order valence-electron chi connectivity index (χ2n) is 6.94. The van der Waals surface area contributed by atoms with Crippen LogP contribution < -0.4 is 5.32 Å². The topological polar surface area (TPSA) is 103 Å². The molecule has 2 aromatic heterocycles. The fourth-order valence-electron chi connectivity index (χ4n) is 3.22. The molecule has 0 unspecified atom stereocenters. The molecule has 1 aliphatic heterocycles. The Hall–Kier alpha value is -3.20. The highest BCUT2D eigenvalue weighted by Crippen LogP contribution is 2.24. The van der Waals surface area contributed by atoms with Gasteiger partial charge in [-0.2, -0.15) is 10.1 Å². The zero-order chi connectivity index (χ0) is 19.5. The number of aryl methyl sites for hydroxylation is 1. The number of piperazine rings is 1. The summed E-state index contributed by atoms with van der Waals surface area (Å²) in [7, 11) is 0. The van der Waals surface area contributed by atoms with Crippen LogP contribution >= 0.6 is 0 Å². The van der Waals surface area contributed by atoms with Crippen molar-refractivity contribution in [1.82, 2.24) is 30.1 Å². The van der Waals surface area contributed by atoms with Crippen molar-refractivity contribution in [3.8, 4) is 11.4 Å². The maximum atomic E-state index is 12.3. The van der Waals surface area contributed by atoms with Gasteiger partial charge in [0.15, 0.2) is 0 Å². The number of amides is 2. The number of aromatic amines is 1. The van der Waals surface area contributed by atoms with E-state index in [1.54, 1.807) is 17.3 Å². The maximum absolute atomic E-state index is 12.3. The number of carbonyl (C=O) groups is 1. The third-order valence-corrected chi connectivity index (χ3v) is 5.01. The number of nitrogens with one attached hydrogen (secondary N) is 2. The Balaban J connectivity index is 1.34. The third-order valence-electron chi connectivity index (χ3n) is 5.01. The quantitative estimate of drug-likeness (QED) is 0.720. The zero-order valence-electron chi connectivity index (χ0n) is 15.9. The van der Waals surface area contributed by atoms with Crippen molar-refractivity contribution in [3.63, 3.8) is 0 Å². The lowest BCUT2D eigenvalue weighted by molar-refractivity contribution is 0.104. The van der Waals surface area contributed by atoms with Crippen LogP contribution in [-0.4, -0.2) is 62.3 Å². The van der Waals surface area contributed by atoms with E-state index < -0.39 is 0 Å². The minimum absolute atomic E-state index is 0.00853. The van der Waals surface area contributed by atoms with Crippen LogP contribution in [0.3, 0.4) is 0 Å². The Bertz CT molecular complexity index is 912. The van der Waals surface area contributed by atoms with Gasteiger partial charge in [0.25, 0.3) is 0 Å². The Morgan fingerprint density at radius 3 is 2.64 bits per heavy atom. The number of anilines is 1. The Morgan fingerprint density at radius 2 is 1.96 bits per heavy atom. The molecule has 2 N–H and O–H groups in total. The molecule has 4 rings (SSSR count). The Labute approximate surface area is 162 Å². The van der Waals surface area contributed by atoms with Crippen molar-refractivity contribution in [2.24, 2.45) is 0 Å². The first-order valence-corrected chi connectivity index (χ1v) is 9.29. The second-order valence-corrected chi connectivity index (χ2v) is 6.94. The van der Waals surface area contributed by atoms with Crippen LogP contribution in [0.15, 0.2) is 41.2 Å². The number of aromatic nitrogens is 4. The summed E-state index contributed by atoms with van der Waals surface area (Å²) in [5.41, 5.74) is 2.79. The number of benzene rings is 1. The van der Waals surface area contributed by atoms with Crippen LogP contribution in [0.25, 0.3) is 11.4 Å². The summed E-state index contributed by atoms with van der Waals surface area (Å²) in [5.74, 6) is 1.19. The summed E-state index contributed by atoms with van der Waals surface area (Å²) in [5, 5.41) is 13.5. The van der Waals surface area contributed by atoms with Gasteiger partial charge in [-0.25, -0.2) is 4.79 Å². The van der Waals surface area contributed by atoms with Gasteiger partial charge in [-0.15, -0.1) is 0 Å². The van der Waals surface area contributed by atoms with Gasteiger partial charge < -0.3 is 14.7 Å². The molecular formula is C19H23N7O2. The van der Waals surface area contributed by atoms with Gasteiger partial charge >= 0.3 is 6.03 Å². The summed E-state index contributed by atoms with van der Waals surface area (Å²) in [6.07, 6.45) is 3.23. The summed E-state index contributed by atoms with van der Waals surface area (Å²) < 4.78 is 5.50. The lowest BCUT2D eigenvalue weighted by atomic mass is 10.1. The van der Waals surface area contributed by atoms with E-state index in [1.807, 2.05) is 38.1 Å². The lowest BCUT2D eigenvalue weighted by Crippen LogP contribution is -2.50. The molecule has 1 aliphatic rings. The maximum Gasteiger partial charge on any atom is 0.322 e. The molecule has 9 nitrogen and oxygen atoms in total. The van der Waals surface area contributed by atoms with Crippen LogP contribution in [0.5, 0.6) is 0 Å². The number of carbonyl (C=O) groups excluding carboxylic acids is 1. The fraction of sp³-hybridized carbons (Fsp3) is 0.368. The van der Waals surface area contributed by atoms with E-state index in [1.165, 1.54) is 5.56 Å². The van der Waals surface area contributed by atoms with E-state index in [0.29, 0.717) is 30.5 Å². The third kappa shape index (κ3) is 3.89. The van der Waals surface area contributed by atoms with Crippen LogP contribution in [0.4, 0.5) is 10.5 Å². The smallest absolute Gasteiger partial charge is 0.322 e. The SMILES string of the molecule is Cc1ccc(-c2noc([C@@H](C)N3CCN(C(=O)Nc4cn[nH]c4)CC3)n2)cc1. The number of urea groups is 1. The highest BCUT2D eigenvalue weighted by molar-refractivity contribution is 5.89. The largest absolute Gasteiger partial charge is 0.337 e. The zero-order valence-corrected chi connectivity index (χ0v) is 15.9. The van der Waals surface area contributed by atoms with E-state index in [9.17, 15) is 4.79 Å². The van der Waals surface area contributed by atoms with Crippen LogP contribution in [0.2, 0.25) is 0 Å². The molecule has 0 aliphatic carbocycles. The summed E-state index contributed by atoms with van der Waals surface area (Å²) in [6.45, 7) is 6.83. The van der Waals surface area contributed by atoms with E-state index in [4.69, 9.17) is 4.52 Å². The first-order valence-electron chi connectivity index (χ1n) is 9.29. The van der Waals surface area contributed by atoms with E-state index in [0.717, 1.165) is 18.7 Å².